The van der Waals surface area contributed by atoms with Crippen LogP contribution in [-0.4, -0.2) is 17.5 Å². The summed E-state index contributed by atoms with van der Waals surface area (Å²) in [5.74, 6) is 0.629. The zero-order valence-corrected chi connectivity index (χ0v) is 21.2. The van der Waals surface area contributed by atoms with Crippen LogP contribution in [0, 0.1) is 0 Å². The minimum Gasteiger partial charge on any atom is -0.501 e. The number of para-hydroxylation sites is 2. The highest BCUT2D eigenvalue weighted by Crippen LogP contribution is 2.35. The standard InChI is InChI=1S/C34H27NO2/c1-22(36)34(23(2)37-3)28-16-15-24-19-25(13-14-26(24)20-28)27-17-18-33-31(21-27)30-11-7-8-12-32(30)35(33)29-9-5-4-6-10-29/h4-21H,1-3H3/b34-23+. The van der Waals surface area contributed by atoms with Crippen molar-refractivity contribution in [2.24, 2.45) is 0 Å². The van der Waals surface area contributed by atoms with Crippen molar-refractivity contribution in [2.75, 3.05) is 7.11 Å². The molecule has 0 aliphatic heterocycles. The van der Waals surface area contributed by atoms with Gasteiger partial charge in [0.2, 0.25) is 0 Å². The molecule has 1 heterocycles. The molecular weight excluding hydrogens is 454 g/mol. The number of nitrogens with zero attached hydrogens (tertiary/aromatic N) is 1. The second-order valence-electron chi connectivity index (χ2n) is 9.39. The first-order valence-electron chi connectivity index (χ1n) is 12.4. The Labute approximate surface area is 216 Å². The van der Waals surface area contributed by atoms with Gasteiger partial charge in [-0.2, -0.15) is 0 Å². The molecule has 0 unspecified atom stereocenters. The zero-order chi connectivity index (χ0) is 25.5. The third kappa shape index (κ3) is 3.89. The van der Waals surface area contributed by atoms with Crippen molar-refractivity contribution in [1.29, 1.82) is 0 Å². The highest BCUT2D eigenvalue weighted by Gasteiger charge is 2.15. The van der Waals surface area contributed by atoms with Crippen LogP contribution in [0.2, 0.25) is 0 Å². The molecular formula is C34H27NO2. The van der Waals surface area contributed by atoms with Crippen molar-refractivity contribution in [3.63, 3.8) is 0 Å². The number of hydrogen-bond acceptors (Lipinski definition) is 2. The van der Waals surface area contributed by atoms with E-state index < -0.39 is 0 Å². The number of hydrogen-bond donors (Lipinski definition) is 0. The van der Waals surface area contributed by atoms with E-state index in [2.05, 4.69) is 102 Å². The molecule has 0 saturated heterocycles. The minimum absolute atomic E-state index is 0.00158. The zero-order valence-electron chi connectivity index (χ0n) is 21.2. The fraction of sp³-hybridized carbons (Fsp3) is 0.0882. The molecule has 37 heavy (non-hydrogen) atoms. The molecule has 5 aromatic carbocycles. The van der Waals surface area contributed by atoms with Crippen molar-refractivity contribution >= 4 is 43.9 Å². The molecule has 0 spiro atoms. The third-order valence-electron chi connectivity index (χ3n) is 7.16. The SMILES string of the molecule is CO/C(C)=C(\C(C)=O)c1ccc2cc(-c3ccc4c(c3)c3ccccc3n4-c3ccccc3)ccc2c1. The Kier molecular flexibility index (Phi) is 5.61. The fourth-order valence-corrected chi connectivity index (χ4v) is 5.34. The van der Waals surface area contributed by atoms with Crippen LogP contribution in [0.15, 0.2) is 115 Å². The average molecular weight is 482 g/mol. The number of rotatable bonds is 5. The van der Waals surface area contributed by atoms with E-state index in [0.29, 0.717) is 11.3 Å². The lowest BCUT2D eigenvalue weighted by Gasteiger charge is -2.11. The van der Waals surface area contributed by atoms with Crippen LogP contribution < -0.4 is 0 Å². The van der Waals surface area contributed by atoms with E-state index in [9.17, 15) is 4.79 Å². The number of Topliss-reactive ketones (excluding diaryl/α,β-unsaturated/α-hetero) is 1. The molecule has 0 bridgehead atoms. The molecule has 6 rings (SSSR count). The van der Waals surface area contributed by atoms with Gasteiger partial charge in [0.25, 0.3) is 0 Å². The molecule has 0 fully saturated rings. The molecule has 0 saturated carbocycles. The second kappa shape index (κ2) is 9.11. The van der Waals surface area contributed by atoms with Crippen molar-refractivity contribution in [1.82, 2.24) is 4.57 Å². The number of carbonyl (C=O) groups is 1. The summed E-state index contributed by atoms with van der Waals surface area (Å²) in [6.45, 7) is 3.41. The first kappa shape index (κ1) is 22.8. The molecule has 0 radical (unpaired) electrons. The van der Waals surface area contributed by atoms with E-state index in [1.807, 2.05) is 19.1 Å². The van der Waals surface area contributed by atoms with Crippen LogP contribution in [0.5, 0.6) is 0 Å². The van der Waals surface area contributed by atoms with Crippen LogP contribution in [0.3, 0.4) is 0 Å². The minimum atomic E-state index is -0.00158. The highest BCUT2D eigenvalue weighted by molar-refractivity contribution is 6.20. The smallest absolute Gasteiger partial charge is 0.163 e. The lowest BCUT2D eigenvalue weighted by molar-refractivity contribution is -0.111. The van der Waals surface area contributed by atoms with Gasteiger partial charge in [0.05, 0.1) is 23.7 Å². The maximum atomic E-state index is 12.3. The molecule has 0 aliphatic carbocycles. The quantitative estimate of drug-likeness (QED) is 0.182. The normalized spacial score (nSPS) is 12.2. The molecule has 0 amide bonds. The Morgan fingerprint density at radius 3 is 2.08 bits per heavy atom. The van der Waals surface area contributed by atoms with Crippen molar-refractivity contribution in [3.05, 3.63) is 121 Å². The van der Waals surface area contributed by atoms with E-state index in [1.165, 1.54) is 27.4 Å². The van der Waals surface area contributed by atoms with Crippen LogP contribution in [-0.2, 0) is 9.53 Å². The first-order chi connectivity index (χ1) is 18.0. The number of ether oxygens (including phenoxy) is 1. The Balaban J connectivity index is 1.48. The van der Waals surface area contributed by atoms with Gasteiger partial charge < -0.3 is 9.30 Å². The summed E-state index contributed by atoms with van der Waals surface area (Å²) in [5.41, 5.74) is 7.39. The summed E-state index contributed by atoms with van der Waals surface area (Å²) < 4.78 is 7.70. The number of aromatic nitrogens is 1. The van der Waals surface area contributed by atoms with Gasteiger partial charge in [0, 0.05) is 16.5 Å². The van der Waals surface area contributed by atoms with Crippen LogP contribution >= 0.6 is 0 Å². The van der Waals surface area contributed by atoms with Gasteiger partial charge in [-0.3, -0.25) is 4.79 Å². The van der Waals surface area contributed by atoms with Crippen molar-refractivity contribution in [2.45, 2.75) is 13.8 Å². The summed E-state index contributed by atoms with van der Waals surface area (Å²) in [7, 11) is 1.60. The van der Waals surface area contributed by atoms with Gasteiger partial charge in [0.15, 0.2) is 5.78 Å². The lowest BCUT2D eigenvalue weighted by atomic mass is 9.95. The number of ketones is 1. The van der Waals surface area contributed by atoms with E-state index in [-0.39, 0.29) is 5.78 Å². The van der Waals surface area contributed by atoms with Gasteiger partial charge in [-0.25, -0.2) is 0 Å². The summed E-state index contributed by atoms with van der Waals surface area (Å²) in [6, 6.07) is 38.5. The summed E-state index contributed by atoms with van der Waals surface area (Å²) in [5, 5.41) is 4.70. The molecule has 180 valence electrons. The van der Waals surface area contributed by atoms with Gasteiger partial charge in [-0.15, -0.1) is 0 Å². The van der Waals surface area contributed by atoms with E-state index >= 15 is 0 Å². The number of benzene rings is 5. The maximum absolute atomic E-state index is 12.3. The van der Waals surface area contributed by atoms with Crippen molar-refractivity contribution < 1.29 is 9.53 Å². The van der Waals surface area contributed by atoms with Gasteiger partial charge in [0.1, 0.15) is 5.76 Å². The lowest BCUT2D eigenvalue weighted by Crippen LogP contribution is -2.01. The number of carbonyl (C=O) groups excluding carboxylic acids is 1. The Bertz CT molecular complexity index is 1840. The van der Waals surface area contributed by atoms with Crippen LogP contribution in [0.1, 0.15) is 19.4 Å². The molecule has 3 heteroatoms. The molecule has 6 aromatic rings. The topological polar surface area (TPSA) is 31.2 Å². The maximum Gasteiger partial charge on any atom is 0.163 e. The van der Waals surface area contributed by atoms with Crippen LogP contribution in [0.25, 0.3) is 55.0 Å². The van der Waals surface area contributed by atoms with Crippen LogP contribution in [0.4, 0.5) is 0 Å². The van der Waals surface area contributed by atoms with E-state index in [0.717, 1.165) is 27.6 Å². The summed E-state index contributed by atoms with van der Waals surface area (Å²) in [4.78, 5) is 12.3. The molecule has 1 aromatic heterocycles. The first-order valence-corrected chi connectivity index (χ1v) is 12.4. The predicted molar refractivity (Wildman–Crippen MR) is 154 cm³/mol. The average Bonchev–Trinajstić information content (AvgIpc) is 3.26. The Morgan fingerprint density at radius 2 is 1.30 bits per heavy atom. The predicted octanol–water partition coefficient (Wildman–Crippen LogP) is 8.57. The highest BCUT2D eigenvalue weighted by atomic mass is 16.5. The molecule has 3 nitrogen and oxygen atoms in total. The number of methoxy groups -OCH3 is 1. The largest absolute Gasteiger partial charge is 0.501 e. The van der Waals surface area contributed by atoms with Gasteiger partial charge in [-0.05, 0) is 83.8 Å². The fourth-order valence-electron chi connectivity index (χ4n) is 5.34. The molecule has 0 N–H and O–H groups in total. The van der Waals surface area contributed by atoms with Gasteiger partial charge in [-0.1, -0.05) is 66.7 Å². The van der Waals surface area contributed by atoms with E-state index in [1.54, 1.807) is 14.0 Å². The second-order valence-corrected chi connectivity index (χ2v) is 9.39. The molecule has 0 aliphatic rings. The number of fused-ring (bicyclic) bond motifs is 4. The third-order valence-corrected chi connectivity index (χ3v) is 7.16. The monoisotopic (exact) mass is 481 g/mol. The van der Waals surface area contributed by atoms with Crippen molar-refractivity contribution in [3.8, 4) is 16.8 Å². The Hall–Kier alpha value is -4.63. The van der Waals surface area contributed by atoms with Gasteiger partial charge >= 0.3 is 0 Å². The van der Waals surface area contributed by atoms with E-state index in [4.69, 9.17) is 4.74 Å². The summed E-state index contributed by atoms with van der Waals surface area (Å²) >= 11 is 0. The number of allylic oxidation sites excluding steroid dienone is 2. The molecule has 0 atom stereocenters. The summed E-state index contributed by atoms with van der Waals surface area (Å²) in [6.07, 6.45) is 0. The Morgan fingerprint density at radius 1 is 0.649 bits per heavy atom.